The summed E-state index contributed by atoms with van der Waals surface area (Å²) < 4.78 is 24.6. The van der Waals surface area contributed by atoms with Crippen LogP contribution in [-0.2, 0) is 9.84 Å². The van der Waals surface area contributed by atoms with Crippen molar-refractivity contribution in [1.29, 1.82) is 0 Å². The summed E-state index contributed by atoms with van der Waals surface area (Å²) in [6.07, 6.45) is 2.91. The second kappa shape index (κ2) is 6.41. The van der Waals surface area contributed by atoms with E-state index in [1.807, 2.05) is 6.92 Å². The van der Waals surface area contributed by atoms with Gasteiger partial charge in [-0.15, -0.1) is 0 Å². The molecule has 0 amide bonds. The minimum absolute atomic E-state index is 0.0396. The lowest BCUT2D eigenvalue weighted by atomic mass is 10.2. The number of aromatic nitrogens is 2. The Balaban J connectivity index is 2.05. The third-order valence-electron chi connectivity index (χ3n) is 2.85. The molecule has 21 heavy (non-hydrogen) atoms. The maximum absolute atomic E-state index is 12.3. The number of nitrogens with one attached hydrogen (secondary N) is 1. The highest BCUT2D eigenvalue weighted by atomic mass is 35.5. The van der Waals surface area contributed by atoms with E-state index in [1.165, 1.54) is 12.4 Å². The van der Waals surface area contributed by atoms with Crippen LogP contribution >= 0.6 is 11.6 Å². The first-order valence-corrected chi connectivity index (χ1v) is 8.43. The predicted molar refractivity (Wildman–Crippen MR) is 83.4 cm³/mol. The van der Waals surface area contributed by atoms with Crippen LogP contribution in [0, 0.1) is 6.92 Å². The van der Waals surface area contributed by atoms with Crippen molar-refractivity contribution in [2.45, 2.75) is 24.8 Å². The molecule has 1 atom stereocenters. The predicted octanol–water partition coefficient (Wildman–Crippen LogP) is 2.71. The molecule has 0 fully saturated rings. The molecule has 1 aromatic heterocycles. The number of hydrogen-bond acceptors (Lipinski definition) is 5. The Morgan fingerprint density at radius 2 is 1.76 bits per heavy atom. The minimum atomic E-state index is -3.35. The Morgan fingerprint density at radius 1 is 1.19 bits per heavy atom. The Morgan fingerprint density at radius 3 is 2.33 bits per heavy atom. The zero-order valence-corrected chi connectivity index (χ0v) is 13.3. The molecule has 1 aromatic carbocycles. The fourth-order valence-corrected chi connectivity index (χ4v) is 3.40. The minimum Gasteiger partial charge on any atom is -0.351 e. The SMILES string of the molecule is Cc1ccc(S(=O)(=O)CC(C)Nc2ncc(Cl)cn2)cc1. The fraction of sp³-hybridized carbons (Fsp3) is 0.286. The van der Waals surface area contributed by atoms with E-state index in [0.29, 0.717) is 15.9 Å². The molecule has 7 heteroatoms. The van der Waals surface area contributed by atoms with Crippen molar-refractivity contribution in [2.24, 2.45) is 0 Å². The molecule has 2 aromatic rings. The molecular weight excluding hydrogens is 310 g/mol. The highest BCUT2D eigenvalue weighted by Gasteiger charge is 2.18. The molecule has 112 valence electrons. The smallest absolute Gasteiger partial charge is 0.222 e. The van der Waals surface area contributed by atoms with Gasteiger partial charge in [0.25, 0.3) is 0 Å². The Labute approximate surface area is 129 Å². The van der Waals surface area contributed by atoms with Crippen LogP contribution in [0.4, 0.5) is 5.95 Å². The number of benzene rings is 1. The molecule has 0 aliphatic heterocycles. The number of nitrogens with zero attached hydrogens (tertiary/aromatic N) is 2. The summed E-state index contributed by atoms with van der Waals surface area (Å²) in [5.41, 5.74) is 1.02. The summed E-state index contributed by atoms with van der Waals surface area (Å²) >= 11 is 5.70. The van der Waals surface area contributed by atoms with Crippen LogP contribution in [-0.4, -0.2) is 30.2 Å². The number of halogens is 1. The molecule has 0 spiro atoms. The Kier molecular flexibility index (Phi) is 4.80. The molecule has 0 bridgehead atoms. The first-order valence-electron chi connectivity index (χ1n) is 6.40. The van der Waals surface area contributed by atoms with E-state index in [9.17, 15) is 8.42 Å². The van der Waals surface area contributed by atoms with Crippen LogP contribution in [0.2, 0.25) is 5.02 Å². The first-order chi connectivity index (χ1) is 9.87. The van der Waals surface area contributed by atoms with Gasteiger partial charge in [-0.25, -0.2) is 18.4 Å². The van der Waals surface area contributed by atoms with Crippen molar-refractivity contribution in [3.05, 3.63) is 47.2 Å². The number of sulfone groups is 1. The summed E-state index contributed by atoms with van der Waals surface area (Å²) in [4.78, 5) is 8.29. The third kappa shape index (κ3) is 4.41. The van der Waals surface area contributed by atoms with Gasteiger partial charge in [0, 0.05) is 6.04 Å². The van der Waals surface area contributed by atoms with Gasteiger partial charge in [0.2, 0.25) is 5.95 Å². The largest absolute Gasteiger partial charge is 0.351 e. The molecule has 0 saturated heterocycles. The average molecular weight is 326 g/mol. The molecule has 0 saturated carbocycles. The Bertz CT molecular complexity index is 700. The molecular formula is C14H16ClN3O2S. The van der Waals surface area contributed by atoms with Crippen molar-refractivity contribution < 1.29 is 8.42 Å². The van der Waals surface area contributed by atoms with Gasteiger partial charge in [0.05, 0.1) is 28.1 Å². The number of rotatable bonds is 5. The van der Waals surface area contributed by atoms with Gasteiger partial charge in [0.1, 0.15) is 0 Å². The quantitative estimate of drug-likeness (QED) is 0.915. The lowest BCUT2D eigenvalue weighted by Gasteiger charge is -2.14. The van der Waals surface area contributed by atoms with E-state index in [0.717, 1.165) is 5.56 Å². The zero-order valence-electron chi connectivity index (χ0n) is 11.7. The van der Waals surface area contributed by atoms with Gasteiger partial charge in [-0.2, -0.15) is 0 Å². The standard InChI is InChI=1S/C14H16ClN3O2S/c1-10-3-5-13(6-4-10)21(19,20)9-11(2)18-14-16-7-12(15)8-17-14/h3-8,11H,9H2,1-2H3,(H,16,17,18). The summed E-state index contributed by atoms with van der Waals surface area (Å²) in [5.74, 6) is 0.313. The fourth-order valence-electron chi connectivity index (χ4n) is 1.82. The molecule has 1 N–H and O–H groups in total. The highest BCUT2D eigenvalue weighted by Crippen LogP contribution is 2.14. The zero-order chi connectivity index (χ0) is 15.5. The van der Waals surface area contributed by atoms with Crippen molar-refractivity contribution in [2.75, 3.05) is 11.1 Å². The molecule has 0 aliphatic rings. The molecule has 1 unspecified atom stereocenters. The van der Waals surface area contributed by atoms with Gasteiger partial charge < -0.3 is 5.32 Å². The van der Waals surface area contributed by atoms with Gasteiger partial charge in [-0.1, -0.05) is 29.3 Å². The van der Waals surface area contributed by atoms with Crippen molar-refractivity contribution in [1.82, 2.24) is 9.97 Å². The van der Waals surface area contributed by atoms with Crippen molar-refractivity contribution >= 4 is 27.4 Å². The average Bonchev–Trinajstić information content (AvgIpc) is 2.41. The van der Waals surface area contributed by atoms with Crippen LogP contribution in [0.3, 0.4) is 0 Å². The van der Waals surface area contributed by atoms with Gasteiger partial charge in [-0.3, -0.25) is 0 Å². The molecule has 0 radical (unpaired) electrons. The summed E-state index contributed by atoms with van der Waals surface area (Å²) in [7, 11) is -3.35. The van der Waals surface area contributed by atoms with Crippen molar-refractivity contribution in [3.63, 3.8) is 0 Å². The number of anilines is 1. The lowest BCUT2D eigenvalue weighted by Crippen LogP contribution is -2.26. The normalized spacial score (nSPS) is 12.9. The van der Waals surface area contributed by atoms with Crippen LogP contribution < -0.4 is 5.32 Å². The van der Waals surface area contributed by atoms with E-state index in [1.54, 1.807) is 31.2 Å². The first kappa shape index (κ1) is 15.7. The topological polar surface area (TPSA) is 72.0 Å². The molecule has 0 aliphatic carbocycles. The Hall–Kier alpha value is -1.66. The maximum atomic E-state index is 12.3. The van der Waals surface area contributed by atoms with Gasteiger partial charge in [0.15, 0.2) is 9.84 Å². The highest BCUT2D eigenvalue weighted by molar-refractivity contribution is 7.91. The monoisotopic (exact) mass is 325 g/mol. The van der Waals surface area contributed by atoms with E-state index >= 15 is 0 Å². The number of hydrogen-bond donors (Lipinski definition) is 1. The molecule has 1 heterocycles. The van der Waals surface area contributed by atoms with E-state index in [-0.39, 0.29) is 11.8 Å². The van der Waals surface area contributed by atoms with Gasteiger partial charge in [-0.05, 0) is 26.0 Å². The lowest BCUT2D eigenvalue weighted by molar-refractivity contribution is 0.592. The second-order valence-corrected chi connectivity index (χ2v) is 7.34. The molecule has 5 nitrogen and oxygen atoms in total. The van der Waals surface area contributed by atoms with Crippen LogP contribution in [0.5, 0.6) is 0 Å². The van der Waals surface area contributed by atoms with E-state index in [4.69, 9.17) is 11.6 Å². The van der Waals surface area contributed by atoms with Crippen LogP contribution in [0.15, 0.2) is 41.6 Å². The second-order valence-electron chi connectivity index (χ2n) is 4.86. The summed E-state index contributed by atoms with van der Waals surface area (Å²) in [5, 5.41) is 3.38. The van der Waals surface area contributed by atoms with E-state index in [2.05, 4.69) is 15.3 Å². The van der Waals surface area contributed by atoms with Crippen LogP contribution in [0.25, 0.3) is 0 Å². The molecule has 2 rings (SSSR count). The summed E-state index contributed by atoms with van der Waals surface area (Å²) in [6, 6.07) is 6.49. The van der Waals surface area contributed by atoms with Gasteiger partial charge >= 0.3 is 0 Å². The van der Waals surface area contributed by atoms with Crippen molar-refractivity contribution in [3.8, 4) is 0 Å². The number of aryl methyl sites for hydroxylation is 1. The van der Waals surface area contributed by atoms with E-state index < -0.39 is 9.84 Å². The van der Waals surface area contributed by atoms with Crippen LogP contribution in [0.1, 0.15) is 12.5 Å². The maximum Gasteiger partial charge on any atom is 0.222 e. The summed E-state index contributed by atoms with van der Waals surface area (Å²) in [6.45, 7) is 3.68. The third-order valence-corrected chi connectivity index (χ3v) is 4.97.